The number of rotatable bonds is 6. The first-order chi connectivity index (χ1) is 11.7. The molecular weight excluding hydrogens is 362 g/mol. The van der Waals surface area contributed by atoms with E-state index in [1.165, 1.54) is 35.9 Å². The number of amides is 2. The molecule has 1 saturated heterocycles. The van der Waals surface area contributed by atoms with Crippen molar-refractivity contribution in [3.05, 3.63) is 0 Å². The van der Waals surface area contributed by atoms with Crippen LogP contribution < -0.4 is 0 Å². The summed E-state index contributed by atoms with van der Waals surface area (Å²) in [4.78, 5) is 26.5. The van der Waals surface area contributed by atoms with Crippen molar-refractivity contribution in [3.8, 4) is 0 Å². The van der Waals surface area contributed by atoms with Crippen molar-refractivity contribution in [2.45, 2.75) is 50.2 Å². The van der Waals surface area contributed by atoms with E-state index >= 15 is 0 Å². The van der Waals surface area contributed by atoms with Crippen molar-refractivity contribution in [1.29, 1.82) is 0 Å². The zero-order chi connectivity index (χ0) is 17.8. The number of hydrogen-bond donors (Lipinski definition) is 1. The molecule has 1 aliphatic heterocycles. The van der Waals surface area contributed by atoms with Crippen molar-refractivity contribution in [2.24, 2.45) is 23.2 Å². The van der Waals surface area contributed by atoms with Gasteiger partial charge in [-0.1, -0.05) is 0 Å². The molecule has 140 valence electrons. The average molecular weight is 388 g/mol. The second-order valence-electron chi connectivity index (χ2n) is 8.59. The van der Waals surface area contributed by atoms with Gasteiger partial charge in [0, 0.05) is 18.7 Å². The van der Waals surface area contributed by atoms with Crippen molar-refractivity contribution in [3.63, 3.8) is 0 Å². The monoisotopic (exact) mass is 387 g/mol. The molecule has 5 fully saturated rings. The summed E-state index contributed by atoms with van der Waals surface area (Å²) in [5, 5.41) is -0.497. The van der Waals surface area contributed by atoms with Crippen LogP contribution in [0.15, 0.2) is 0 Å². The van der Waals surface area contributed by atoms with Gasteiger partial charge in [0.2, 0.25) is 11.8 Å². The van der Waals surface area contributed by atoms with Gasteiger partial charge in [-0.3, -0.25) is 19.0 Å². The van der Waals surface area contributed by atoms with Crippen LogP contribution in [0.4, 0.5) is 0 Å². The Morgan fingerprint density at radius 2 is 1.64 bits per heavy atom. The Hall–Kier alpha value is -0.600. The van der Waals surface area contributed by atoms with Crippen LogP contribution in [0.5, 0.6) is 0 Å². The van der Waals surface area contributed by atoms with Crippen LogP contribution in [0.3, 0.4) is 0 Å². The Morgan fingerprint density at radius 1 is 1.08 bits per heavy atom. The molecule has 2 amide bonds. The van der Waals surface area contributed by atoms with E-state index in [1.807, 2.05) is 0 Å². The maximum absolute atomic E-state index is 12.7. The highest BCUT2D eigenvalue weighted by Gasteiger charge is 2.53. The van der Waals surface area contributed by atoms with Gasteiger partial charge in [0.05, 0.1) is 11.0 Å². The molecule has 1 unspecified atom stereocenters. The first kappa shape index (κ1) is 17.8. The fraction of sp³-hybridized carbons (Fsp3) is 0.882. The SMILES string of the molecule is O=C1CC(SCCS(=O)(=O)O)C(=O)N1CC12CC3CC(CC(C3)C1)C2. The second kappa shape index (κ2) is 6.23. The lowest BCUT2D eigenvalue weighted by atomic mass is 9.49. The van der Waals surface area contributed by atoms with Crippen LogP contribution in [0.1, 0.15) is 44.9 Å². The Bertz CT molecular complexity index is 654. The molecule has 5 rings (SSSR count). The van der Waals surface area contributed by atoms with E-state index in [0.29, 0.717) is 6.54 Å². The molecular formula is C17H25NO5S2. The summed E-state index contributed by atoms with van der Waals surface area (Å²) in [5.74, 6) is 1.79. The van der Waals surface area contributed by atoms with Crippen LogP contribution >= 0.6 is 11.8 Å². The van der Waals surface area contributed by atoms with E-state index in [-0.39, 0.29) is 35.2 Å². The van der Waals surface area contributed by atoms with Gasteiger partial charge in [-0.2, -0.15) is 8.42 Å². The molecule has 4 bridgehead atoms. The fourth-order valence-corrected chi connectivity index (χ4v) is 8.11. The summed E-state index contributed by atoms with van der Waals surface area (Å²) in [6.45, 7) is 0.559. The van der Waals surface area contributed by atoms with Crippen LogP contribution in [-0.4, -0.2) is 53.0 Å². The van der Waals surface area contributed by atoms with Gasteiger partial charge < -0.3 is 0 Å². The molecule has 0 aromatic carbocycles. The lowest BCUT2D eigenvalue weighted by Crippen LogP contribution is -2.52. The summed E-state index contributed by atoms with van der Waals surface area (Å²) in [6, 6.07) is 0. The molecule has 1 atom stereocenters. The number of thioether (sulfide) groups is 1. The normalized spacial score (nSPS) is 40.3. The van der Waals surface area contributed by atoms with Gasteiger partial charge in [0.25, 0.3) is 10.1 Å². The van der Waals surface area contributed by atoms with Gasteiger partial charge in [-0.25, -0.2) is 0 Å². The number of likely N-dealkylation sites (tertiary alicyclic amines) is 1. The summed E-state index contributed by atoms with van der Waals surface area (Å²) in [7, 11) is -4.03. The summed E-state index contributed by atoms with van der Waals surface area (Å²) in [5.41, 5.74) is 0.133. The van der Waals surface area contributed by atoms with E-state index in [9.17, 15) is 18.0 Å². The predicted molar refractivity (Wildman–Crippen MR) is 94.6 cm³/mol. The third-order valence-electron chi connectivity index (χ3n) is 6.52. The van der Waals surface area contributed by atoms with Crippen LogP contribution in [0.2, 0.25) is 0 Å². The third kappa shape index (κ3) is 3.62. The number of carbonyl (C=O) groups is 2. The van der Waals surface area contributed by atoms with Gasteiger partial charge in [-0.05, 0) is 61.7 Å². The first-order valence-corrected chi connectivity index (χ1v) is 11.8. The average Bonchev–Trinajstić information content (AvgIpc) is 2.72. The maximum atomic E-state index is 12.7. The van der Waals surface area contributed by atoms with E-state index in [0.717, 1.165) is 37.0 Å². The molecule has 0 aromatic heterocycles. The van der Waals surface area contributed by atoms with E-state index in [2.05, 4.69) is 0 Å². The van der Waals surface area contributed by atoms with E-state index in [1.54, 1.807) is 0 Å². The van der Waals surface area contributed by atoms with Crippen molar-refractivity contribution in [1.82, 2.24) is 4.90 Å². The van der Waals surface area contributed by atoms with E-state index < -0.39 is 15.4 Å². The van der Waals surface area contributed by atoms with Crippen LogP contribution in [-0.2, 0) is 19.7 Å². The minimum atomic E-state index is -4.03. The smallest absolute Gasteiger partial charge is 0.265 e. The molecule has 0 aromatic rings. The van der Waals surface area contributed by atoms with Gasteiger partial charge in [0.1, 0.15) is 0 Å². The fourth-order valence-electron chi connectivity index (χ4n) is 6.06. The van der Waals surface area contributed by atoms with Gasteiger partial charge >= 0.3 is 0 Å². The lowest BCUT2D eigenvalue weighted by molar-refractivity contribution is -0.144. The predicted octanol–water partition coefficient (Wildman–Crippen LogP) is 1.95. The molecule has 25 heavy (non-hydrogen) atoms. The number of nitrogens with zero attached hydrogens (tertiary/aromatic N) is 1. The summed E-state index contributed by atoms with van der Waals surface area (Å²) in [6.07, 6.45) is 7.59. The highest BCUT2D eigenvalue weighted by molar-refractivity contribution is 8.01. The molecule has 5 aliphatic rings. The van der Waals surface area contributed by atoms with E-state index in [4.69, 9.17) is 4.55 Å². The Morgan fingerprint density at radius 3 is 2.16 bits per heavy atom. The van der Waals surface area contributed by atoms with Crippen molar-refractivity contribution < 1.29 is 22.6 Å². The third-order valence-corrected chi connectivity index (χ3v) is 8.71. The topological polar surface area (TPSA) is 91.7 Å². The molecule has 1 N–H and O–H groups in total. The van der Waals surface area contributed by atoms with Crippen LogP contribution in [0.25, 0.3) is 0 Å². The zero-order valence-electron chi connectivity index (χ0n) is 14.2. The summed E-state index contributed by atoms with van der Waals surface area (Å²) >= 11 is 1.17. The Kier molecular flexibility index (Phi) is 4.44. The lowest BCUT2D eigenvalue weighted by Gasteiger charge is -2.57. The second-order valence-corrected chi connectivity index (χ2v) is 11.5. The molecule has 1 heterocycles. The van der Waals surface area contributed by atoms with Gasteiger partial charge in [-0.15, -0.1) is 11.8 Å². The molecule has 6 nitrogen and oxygen atoms in total. The molecule has 4 aliphatic carbocycles. The summed E-state index contributed by atoms with van der Waals surface area (Å²) < 4.78 is 30.4. The molecule has 4 saturated carbocycles. The first-order valence-electron chi connectivity index (χ1n) is 9.14. The highest BCUT2D eigenvalue weighted by Crippen LogP contribution is 2.60. The molecule has 8 heteroatoms. The largest absolute Gasteiger partial charge is 0.286 e. The minimum Gasteiger partial charge on any atom is -0.286 e. The van der Waals surface area contributed by atoms with Gasteiger partial charge in [0.15, 0.2) is 0 Å². The zero-order valence-corrected chi connectivity index (χ0v) is 15.9. The Labute approximate surface area is 152 Å². The molecule has 0 spiro atoms. The number of carbonyl (C=O) groups excluding carboxylic acids is 2. The standard InChI is InChI=1S/C17H25NO5S2/c19-15-6-14(24-1-2-25(21,22)23)16(20)18(15)10-17-7-11-3-12(8-17)5-13(4-11)9-17/h11-14H,1-10H2,(H,21,22,23). The minimum absolute atomic E-state index is 0.120. The molecule has 0 radical (unpaired) electrons. The number of imide groups is 1. The maximum Gasteiger partial charge on any atom is 0.265 e. The number of hydrogen-bond acceptors (Lipinski definition) is 5. The van der Waals surface area contributed by atoms with Crippen molar-refractivity contribution in [2.75, 3.05) is 18.1 Å². The quantitative estimate of drug-likeness (QED) is 0.553. The highest BCUT2D eigenvalue weighted by atomic mass is 32.2. The Balaban J connectivity index is 1.39. The van der Waals surface area contributed by atoms with Crippen molar-refractivity contribution >= 4 is 33.7 Å². The van der Waals surface area contributed by atoms with Crippen LogP contribution in [0, 0.1) is 23.2 Å².